The summed E-state index contributed by atoms with van der Waals surface area (Å²) in [7, 11) is 0. The van der Waals surface area contributed by atoms with Crippen molar-refractivity contribution in [1.82, 2.24) is 0 Å². The minimum Gasteiger partial charge on any atom is -0.322 e. The lowest BCUT2D eigenvalue weighted by atomic mass is 10.0. The van der Waals surface area contributed by atoms with Crippen molar-refractivity contribution in [1.29, 1.82) is 0 Å². The Hall–Kier alpha value is -2.09. The largest absolute Gasteiger partial charge is 0.322 e. The van der Waals surface area contributed by atoms with Gasteiger partial charge >= 0.3 is 5.69 Å². The van der Waals surface area contributed by atoms with E-state index in [1.54, 1.807) is 0 Å². The zero-order valence-electron chi connectivity index (χ0n) is 11.0. The lowest BCUT2D eigenvalue weighted by Gasteiger charge is -2.14. The van der Waals surface area contributed by atoms with Gasteiger partial charge in [0.05, 0.1) is 16.7 Å². The third-order valence-electron chi connectivity index (χ3n) is 2.55. The Labute approximate surface area is 114 Å². The predicted molar refractivity (Wildman–Crippen MR) is 69.1 cm³/mol. The molecule has 0 spiro atoms. The molecule has 1 atom stereocenters. The lowest BCUT2D eigenvalue weighted by molar-refractivity contribution is -0.387. The van der Waals surface area contributed by atoms with E-state index in [-0.39, 0.29) is 5.92 Å². The van der Waals surface area contributed by atoms with E-state index in [0.717, 1.165) is 0 Å². The number of hydrogen-bond donors (Lipinski definition) is 2. The first kappa shape index (κ1) is 16.0. The number of nitro groups is 1. The molecule has 0 fully saturated rings. The number of carbonyl (C=O) groups is 1. The Morgan fingerprint density at radius 3 is 2.50 bits per heavy atom. The Kier molecular flexibility index (Phi) is 5.09. The number of nitro benzene ring substituents is 1. The normalized spacial score (nSPS) is 12.3. The highest BCUT2D eigenvalue weighted by Crippen LogP contribution is 2.25. The SMILES string of the molecule is CC(C)C[C@@H](N)C(=O)Nc1cc([N+](=O)[O-])c(F)cc1F. The minimum atomic E-state index is -1.31. The van der Waals surface area contributed by atoms with Gasteiger partial charge in [0.2, 0.25) is 11.7 Å². The summed E-state index contributed by atoms with van der Waals surface area (Å²) in [6.45, 7) is 3.72. The Morgan fingerprint density at radius 2 is 2.00 bits per heavy atom. The number of nitrogens with zero attached hydrogens (tertiary/aromatic N) is 1. The molecule has 0 radical (unpaired) electrons. The summed E-state index contributed by atoms with van der Waals surface area (Å²) >= 11 is 0. The maximum atomic E-state index is 13.5. The Bertz CT molecular complexity index is 535. The van der Waals surface area contributed by atoms with Gasteiger partial charge < -0.3 is 11.1 Å². The molecule has 20 heavy (non-hydrogen) atoms. The predicted octanol–water partition coefficient (Wildman–Crippen LogP) is 2.18. The van der Waals surface area contributed by atoms with Gasteiger partial charge in [-0.2, -0.15) is 4.39 Å². The molecule has 8 heteroatoms. The van der Waals surface area contributed by atoms with E-state index in [9.17, 15) is 23.7 Å². The molecule has 1 aromatic rings. The fourth-order valence-electron chi connectivity index (χ4n) is 1.61. The Morgan fingerprint density at radius 1 is 1.40 bits per heavy atom. The number of amides is 1. The second kappa shape index (κ2) is 6.38. The highest BCUT2D eigenvalue weighted by atomic mass is 19.1. The van der Waals surface area contributed by atoms with Gasteiger partial charge in [0.25, 0.3) is 0 Å². The first-order chi connectivity index (χ1) is 9.22. The van der Waals surface area contributed by atoms with Crippen LogP contribution in [-0.2, 0) is 4.79 Å². The highest BCUT2D eigenvalue weighted by molar-refractivity contribution is 5.95. The monoisotopic (exact) mass is 287 g/mol. The summed E-state index contributed by atoms with van der Waals surface area (Å²) < 4.78 is 26.6. The van der Waals surface area contributed by atoms with Crippen LogP contribution in [0.2, 0.25) is 0 Å². The first-order valence-electron chi connectivity index (χ1n) is 5.92. The van der Waals surface area contributed by atoms with Gasteiger partial charge in [-0.05, 0) is 12.3 Å². The van der Waals surface area contributed by atoms with Crippen LogP contribution in [0.5, 0.6) is 0 Å². The fourth-order valence-corrected chi connectivity index (χ4v) is 1.61. The molecule has 0 heterocycles. The van der Waals surface area contributed by atoms with E-state index in [0.29, 0.717) is 18.6 Å². The topological polar surface area (TPSA) is 98.3 Å². The quantitative estimate of drug-likeness (QED) is 0.640. The molecule has 0 aliphatic carbocycles. The molecule has 0 saturated heterocycles. The molecule has 0 unspecified atom stereocenters. The average molecular weight is 287 g/mol. The molecule has 1 aromatic carbocycles. The van der Waals surface area contributed by atoms with Crippen molar-refractivity contribution in [3.8, 4) is 0 Å². The number of anilines is 1. The van der Waals surface area contributed by atoms with E-state index < -0.39 is 39.9 Å². The number of halogens is 2. The van der Waals surface area contributed by atoms with E-state index in [2.05, 4.69) is 5.32 Å². The summed E-state index contributed by atoms with van der Waals surface area (Å²) in [5.41, 5.74) is 4.21. The molecule has 0 saturated carbocycles. The van der Waals surface area contributed by atoms with Crippen molar-refractivity contribution in [3.63, 3.8) is 0 Å². The minimum absolute atomic E-state index is 0.156. The summed E-state index contributed by atoms with van der Waals surface area (Å²) in [6, 6.07) is 0.102. The molecule has 1 rings (SSSR count). The van der Waals surface area contributed by atoms with Crippen LogP contribution < -0.4 is 11.1 Å². The van der Waals surface area contributed by atoms with Gasteiger partial charge in [0.1, 0.15) is 5.82 Å². The van der Waals surface area contributed by atoms with Crippen molar-refractivity contribution < 1.29 is 18.5 Å². The summed E-state index contributed by atoms with van der Waals surface area (Å²) in [5, 5.41) is 12.7. The van der Waals surface area contributed by atoms with Crippen LogP contribution in [0.3, 0.4) is 0 Å². The number of benzene rings is 1. The molecule has 6 nitrogen and oxygen atoms in total. The van der Waals surface area contributed by atoms with Gasteiger partial charge in [-0.15, -0.1) is 0 Å². The molecule has 110 valence electrons. The molecular weight excluding hydrogens is 272 g/mol. The number of rotatable bonds is 5. The first-order valence-corrected chi connectivity index (χ1v) is 5.92. The zero-order chi connectivity index (χ0) is 15.4. The van der Waals surface area contributed by atoms with Crippen LogP contribution in [0.1, 0.15) is 20.3 Å². The van der Waals surface area contributed by atoms with Crippen LogP contribution in [0.25, 0.3) is 0 Å². The number of nitrogens with one attached hydrogen (secondary N) is 1. The van der Waals surface area contributed by atoms with Crippen LogP contribution in [0.4, 0.5) is 20.2 Å². The fraction of sp³-hybridized carbons (Fsp3) is 0.417. The van der Waals surface area contributed by atoms with Crippen molar-refractivity contribution in [2.45, 2.75) is 26.3 Å². The third kappa shape index (κ3) is 3.95. The standard InChI is InChI=1S/C12H15F2N3O3/c1-6(2)3-9(15)12(18)16-10-5-11(17(19)20)8(14)4-7(10)13/h4-6,9H,3,15H2,1-2H3,(H,16,18)/t9-/m1/s1. The van der Waals surface area contributed by atoms with Crippen LogP contribution in [0, 0.1) is 27.7 Å². The second-order valence-electron chi connectivity index (χ2n) is 4.77. The highest BCUT2D eigenvalue weighted by Gasteiger charge is 2.21. The maximum absolute atomic E-state index is 13.5. The zero-order valence-corrected chi connectivity index (χ0v) is 11.0. The molecule has 0 aromatic heterocycles. The van der Waals surface area contributed by atoms with Crippen molar-refractivity contribution in [3.05, 3.63) is 33.9 Å². The lowest BCUT2D eigenvalue weighted by Crippen LogP contribution is -2.36. The average Bonchev–Trinajstić information content (AvgIpc) is 2.30. The van der Waals surface area contributed by atoms with E-state index in [1.807, 2.05) is 13.8 Å². The molecule has 1 amide bonds. The molecule has 0 bridgehead atoms. The molecule has 0 aliphatic rings. The molecular formula is C12H15F2N3O3. The number of nitrogens with two attached hydrogens (primary N) is 1. The van der Waals surface area contributed by atoms with Crippen molar-refractivity contribution in [2.75, 3.05) is 5.32 Å². The van der Waals surface area contributed by atoms with Gasteiger partial charge in [0.15, 0.2) is 0 Å². The van der Waals surface area contributed by atoms with Crippen molar-refractivity contribution >= 4 is 17.3 Å². The molecule has 3 N–H and O–H groups in total. The van der Waals surface area contributed by atoms with E-state index >= 15 is 0 Å². The van der Waals surface area contributed by atoms with Crippen LogP contribution in [0.15, 0.2) is 12.1 Å². The summed E-state index contributed by atoms with van der Waals surface area (Å²) in [5.74, 6) is -2.93. The van der Waals surface area contributed by atoms with Gasteiger partial charge in [-0.25, -0.2) is 4.39 Å². The van der Waals surface area contributed by atoms with Gasteiger partial charge in [-0.3, -0.25) is 14.9 Å². The van der Waals surface area contributed by atoms with Gasteiger partial charge in [-0.1, -0.05) is 13.8 Å². The van der Waals surface area contributed by atoms with E-state index in [4.69, 9.17) is 5.73 Å². The third-order valence-corrected chi connectivity index (χ3v) is 2.55. The second-order valence-corrected chi connectivity index (χ2v) is 4.77. The van der Waals surface area contributed by atoms with Crippen LogP contribution >= 0.6 is 0 Å². The number of hydrogen-bond acceptors (Lipinski definition) is 4. The maximum Gasteiger partial charge on any atom is 0.307 e. The molecule has 0 aliphatic heterocycles. The van der Waals surface area contributed by atoms with Crippen molar-refractivity contribution in [2.24, 2.45) is 11.7 Å². The van der Waals surface area contributed by atoms with Gasteiger partial charge in [0, 0.05) is 12.1 Å². The number of carbonyl (C=O) groups excluding carboxylic acids is 1. The summed E-state index contributed by atoms with van der Waals surface area (Å²) in [4.78, 5) is 21.3. The smallest absolute Gasteiger partial charge is 0.307 e. The van der Waals surface area contributed by atoms with E-state index in [1.165, 1.54) is 0 Å². The Balaban J connectivity index is 2.95. The summed E-state index contributed by atoms with van der Waals surface area (Å²) in [6.07, 6.45) is 0.372. The van der Waals surface area contributed by atoms with Crippen LogP contribution in [-0.4, -0.2) is 16.9 Å².